The predicted octanol–water partition coefficient (Wildman–Crippen LogP) is 2.97. The molecule has 2 saturated heterocycles. The number of aliphatic hydroxyl groups excluding tert-OH is 1. The zero-order valence-electron chi connectivity index (χ0n) is 29.2. The molecule has 2 fully saturated rings. The van der Waals surface area contributed by atoms with Crippen LogP contribution in [-0.2, 0) is 54.1 Å². The van der Waals surface area contributed by atoms with Gasteiger partial charge in [0.05, 0.1) is 7.11 Å². The predicted molar refractivity (Wildman–Crippen MR) is 175 cm³/mol. The first kappa shape index (κ1) is 40.3. The van der Waals surface area contributed by atoms with Crippen molar-refractivity contribution in [3.63, 3.8) is 0 Å². The van der Waals surface area contributed by atoms with Gasteiger partial charge in [0.2, 0.25) is 23.1 Å². The van der Waals surface area contributed by atoms with E-state index in [0.717, 1.165) is 25.2 Å². The number of benzene rings is 1. The van der Waals surface area contributed by atoms with E-state index in [0.29, 0.717) is 18.8 Å². The summed E-state index contributed by atoms with van der Waals surface area (Å²) in [4.78, 5) is 64.0. The summed E-state index contributed by atoms with van der Waals surface area (Å²) in [5, 5.41) is 44.1. The third kappa shape index (κ3) is 7.93. The number of fused-ring (bicyclic) bond motifs is 2. The highest BCUT2D eigenvalue weighted by atomic mass is 16.8. The molecule has 2 aliphatic rings. The fourth-order valence-corrected chi connectivity index (χ4v) is 6.68. The van der Waals surface area contributed by atoms with Crippen LogP contribution < -0.4 is 0 Å². The fraction of sp³-hybridized carbons (Fsp3) is 0.583. The molecule has 3 rings (SSSR count). The van der Waals surface area contributed by atoms with Crippen molar-refractivity contribution in [1.29, 1.82) is 0 Å². The standard InChI is InChI=1S/C36H48O14/c1-8-20(2)18-21(3)14-15-26(38)48-29-28(39)34(49-30(31(40)46-7)35(45,32(41)42)36(29,50-34)33(43)44)17-16-22(4)27(47-24(6)37)23(5)19-25-12-10-9-11-13-25/h9-15,20-21,23,27-30,39,45H,4,8,16-19H2,1-3,5-7H3,(H,41,42)(H,43,44)/b15-14+/t20-,21+,23+,27?,28+,29+,30+,34+,35+,36+/m0/s1. The molecule has 0 amide bonds. The summed E-state index contributed by atoms with van der Waals surface area (Å²) < 4.78 is 27.1. The number of aliphatic carboxylic acids is 2. The van der Waals surface area contributed by atoms with Crippen molar-refractivity contribution in [2.75, 3.05) is 7.11 Å². The summed E-state index contributed by atoms with van der Waals surface area (Å²) in [6, 6.07) is 9.35. The van der Waals surface area contributed by atoms with Gasteiger partial charge < -0.3 is 44.1 Å². The second kappa shape index (κ2) is 16.3. The van der Waals surface area contributed by atoms with E-state index in [1.807, 2.05) is 58.0 Å². The van der Waals surface area contributed by atoms with Crippen molar-refractivity contribution in [3.05, 3.63) is 60.2 Å². The Morgan fingerprint density at radius 2 is 1.70 bits per heavy atom. The number of hydrogen-bond donors (Lipinski definition) is 4. The van der Waals surface area contributed by atoms with Gasteiger partial charge in [-0.05, 0) is 42.2 Å². The number of esters is 3. The van der Waals surface area contributed by atoms with Crippen molar-refractivity contribution in [2.45, 2.75) is 108 Å². The van der Waals surface area contributed by atoms with Gasteiger partial charge in [-0.2, -0.15) is 0 Å². The molecule has 1 aromatic rings. The Labute approximate surface area is 291 Å². The molecule has 2 aliphatic heterocycles. The van der Waals surface area contributed by atoms with Gasteiger partial charge in [-0.1, -0.05) is 77.1 Å². The molecule has 14 nitrogen and oxygen atoms in total. The summed E-state index contributed by atoms with van der Waals surface area (Å²) in [6.07, 6.45) is -4.26. The minimum absolute atomic E-state index is 0.107. The summed E-state index contributed by atoms with van der Waals surface area (Å²) in [7, 11) is 0.852. The smallest absolute Gasteiger partial charge is 0.344 e. The number of hydrogen-bond acceptors (Lipinski definition) is 12. The Hall–Kier alpha value is -4.11. The molecule has 1 unspecified atom stereocenters. The van der Waals surface area contributed by atoms with Crippen LogP contribution in [0.4, 0.5) is 0 Å². The number of methoxy groups -OCH3 is 1. The summed E-state index contributed by atoms with van der Waals surface area (Å²) >= 11 is 0. The number of rotatable bonds is 17. The van der Waals surface area contributed by atoms with Crippen molar-refractivity contribution in [2.24, 2.45) is 17.8 Å². The maximum absolute atomic E-state index is 13.1. The Morgan fingerprint density at radius 3 is 2.24 bits per heavy atom. The summed E-state index contributed by atoms with van der Waals surface area (Å²) in [5.74, 6) is -10.4. The molecule has 1 aromatic carbocycles. The number of carboxylic acid groups (broad SMARTS) is 2. The highest BCUT2D eigenvalue weighted by Crippen LogP contribution is 2.56. The normalized spacial score (nSPS) is 29.7. The number of aliphatic hydroxyl groups is 2. The zero-order valence-corrected chi connectivity index (χ0v) is 29.2. The molecular weight excluding hydrogens is 656 g/mol. The molecule has 0 radical (unpaired) electrons. The van der Waals surface area contributed by atoms with E-state index >= 15 is 0 Å². The molecule has 0 aromatic heterocycles. The van der Waals surface area contributed by atoms with Crippen molar-refractivity contribution < 1.29 is 68.1 Å². The third-order valence-corrected chi connectivity index (χ3v) is 9.48. The van der Waals surface area contributed by atoms with Gasteiger partial charge in [-0.15, -0.1) is 0 Å². The van der Waals surface area contributed by atoms with Gasteiger partial charge in [-0.25, -0.2) is 19.2 Å². The van der Waals surface area contributed by atoms with Crippen molar-refractivity contribution in [3.8, 4) is 0 Å². The lowest BCUT2D eigenvalue weighted by Crippen LogP contribution is -2.78. The van der Waals surface area contributed by atoms with Crippen LogP contribution in [0.25, 0.3) is 0 Å². The average Bonchev–Trinajstić information content (AvgIpc) is 3.28. The van der Waals surface area contributed by atoms with Gasteiger partial charge in [0.15, 0.2) is 6.10 Å². The van der Waals surface area contributed by atoms with Crippen LogP contribution in [-0.4, -0.2) is 98.8 Å². The van der Waals surface area contributed by atoms with E-state index in [1.165, 1.54) is 13.0 Å². The first-order chi connectivity index (χ1) is 23.4. The van der Waals surface area contributed by atoms with Crippen LogP contribution in [0.3, 0.4) is 0 Å². The maximum atomic E-state index is 13.1. The number of carbonyl (C=O) groups is 5. The lowest BCUT2D eigenvalue weighted by atomic mass is 9.74. The topological polar surface area (TPSA) is 212 Å². The largest absolute Gasteiger partial charge is 0.479 e. The van der Waals surface area contributed by atoms with E-state index in [1.54, 1.807) is 0 Å². The number of carbonyl (C=O) groups excluding carboxylic acids is 3. The van der Waals surface area contributed by atoms with E-state index in [9.17, 15) is 44.4 Å². The summed E-state index contributed by atoms with van der Waals surface area (Å²) in [5.41, 5.74) is -6.02. The molecule has 0 spiro atoms. The van der Waals surface area contributed by atoms with Crippen molar-refractivity contribution in [1.82, 2.24) is 0 Å². The Kier molecular flexibility index (Phi) is 13.1. The third-order valence-electron chi connectivity index (χ3n) is 9.48. The van der Waals surface area contributed by atoms with Crippen LogP contribution in [0.15, 0.2) is 54.6 Å². The molecule has 2 bridgehead atoms. The van der Waals surface area contributed by atoms with E-state index in [4.69, 9.17) is 18.9 Å². The number of allylic oxidation sites excluding steroid dienone is 1. The summed E-state index contributed by atoms with van der Waals surface area (Å²) in [6.45, 7) is 13.0. The molecular formula is C36H48O14. The number of carboxylic acids is 2. The Bertz CT molecular complexity index is 1460. The van der Waals surface area contributed by atoms with Gasteiger partial charge in [-0.3, -0.25) is 4.79 Å². The average molecular weight is 705 g/mol. The lowest BCUT2D eigenvalue weighted by molar-refractivity contribution is -0.374. The van der Waals surface area contributed by atoms with E-state index < -0.39 is 77.7 Å². The van der Waals surface area contributed by atoms with Gasteiger partial charge in [0.25, 0.3) is 0 Å². The SMILES string of the molecule is C=C(CC[C@@]12O[C@H](C(=O)OC)[C@@](O)(C(=O)O)[C@@](C(=O)O)(O1)[C@H](OC(=O)/C=C/[C@@H](C)C[C@@H](C)CC)[C@H]2O)C(OC(C)=O)[C@H](C)Cc1ccccc1. The minimum Gasteiger partial charge on any atom is -0.479 e. The molecule has 10 atom stereocenters. The van der Waals surface area contributed by atoms with E-state index in [-0.39, 0.29) is 23.8 Å². The van der Waals surface area contributed by atoms with Gasteiger partial charge in [0.1, 0.15) is 12.2 Å². The van der Waals surface area contributed by atoms with Crippen LogP contribution in [0.5, 0.6) is 0 Å². The highest BCUT2D eigenvalue weighted by molar-refractivity contribution is 5.98. The molecule has 2 heterocycles. The van der Waals surface area contributed by atoms with Crippen molar-refractivity contribution >= 4 is 29.8 Å². The Morgan fingerprint density at radius 1 is 1.06 bits per heavy atom. The molecule has 0 saturated carbocycles. The molecule has 50 heavy (non-hydrogen) atoms. The highest BCUT2D eigenvalue weighted by Gasteiger charge is 2.86. The molecule has 0 aliphatic carbocycles. The molecule has 4 N–H and O–H groups in total. The molecule has 276 valence electrons. The monoisotopic (exact) mass is 704 g/mol. The van der Waals surface area contributed by atoms with Crippen LogP contribution in [0.1, 0.15) is 65.9 Å². The zero-order chi connectivity index (χ0) is 37.6. The fourth-order valence-electron chi connectivity index (χ4n) is 6.68. The lowest BCUT2D eigenvalue weighted by Gasteiger charge is -2.49. The quantitative estimate of drug-likeness (QED) is 0.0795. The first-order valence-corrected chi connectivity index (χ1v) is 16.5. The molecule has 14 heteroatoms. The number of ether oxygens (including phenoxy) is 5. The van der Waals surface area contributed by atoms with Crippen LogP contribution in [0.2, 0.25) is 0 Å². The second-order valence-corrected chi connectivity index (χ2v) is 13.3. The van der Waals surface area contributed by atoms with E-state index in [2.05, 4.69) is 11.3 Å². The second-order valence-electron chi connectivity index (χ2n) is 13.3. The van der Waals surface area contributed by atoms with Crippen LogP contribution in [0, 0.1) is 17.8 Å². The van der Waals surface area contributed by atoms with Gasteiger partial charge >= 0.3 is 29.8 Å². The maximum Gasteiger partial charge on any atom is 0.344 e. The van der Waals surface area contributed by atoms with Gasteiger partial charge in [0, 0.05) is 25.3 Å². The first-order valence-electron chi connectivity index (χ1n) is 16.5. The minimum atomic E-state index is -3.77. The van der Waals surface area contributed by atoms with Crippen LogP contribution >= 0.6 is 0 Å². The Balaban J connectivity index is 2.04.